The molecule has 1 aromatic carbocycles. The van der Waals surface area contributed by atoms with Crippen molar-refractivity contribution in [1.82, 2.24) is 9.88 Å². The van der Waals surface area contributed by atoms with Gasteiger partial charge >= 0.3 is 5.97 Å². The quantitative estimate of drug-likeness (QED) is 0.528. The number of rotatable bonds is 9. The molecule has 0 radical (unpaired) electrons. The fraction of sp³-hybridized carbons (Fsp3) is 0.385. The number of hydrogen-bond acceptors (Lipinski definition) is 6. The van der Waals surface area contributed by atoms with Gasteiger partial charge in [0.2, 0.25) is 5.91 Å². The number of carboxylic acid groups (broad SMARTS) is 1. The molecule has 0 spiro atoms. The number of hydrogen-bond donors (Lipinski definition) is 2. The van der Waals surface area contributed by atoms with Crippen LogP contribution in [-0.4, -0.2) is 50.0 Å². The molecule has 9 heteroatoms. The third-order valence-corrected chi connectivity index (χ3v) is 7.19. The van der Waals surface area contributed by atoms with E-state index in [2.05, 4.69) is 10.3 Å². The molecule has 4 rings (SSSR count). The monoisotopic (exact) mass is 495 g/mol. The van der Waals surface area contributed by atoms with Crippen LogP contribution in [0.15, 0.2) is 53.7 Å². The van der Waals surface area contributed by atoms with Gasteiger partial charge in [-0.2, -0.15) is 0 Å². The molecular formula is C26H29N3O5S. The van der Waals surface area contributed by atoms with Crippen LogP contribution in [0, 0.1) is 0 Å². The maximum Gasteiger partial charge on any atom is 0.337 e. The highest BCUT2D eigenvalue weighted by molar-refractivity contribution is 8.00. The van der Waals surface area contributed by atoms with Crippen molar-refractivity contribution in [2.45, 2.75) is 57.6 Å². The summed E-state index contributed by atoms with van der Waals surface area (Å²) in [5.74, 6) is -0.0308. The molecule has 8 nitrogen and oxygen atoms in total. The number of thioether (sulfide) groups is 1. The normalized spacial score (nSPS) is 17.5. The number of ether oxygens (including phenoxy) is 1. The maximum absolute atomic E-state index is 13.3. The number of carbonyl (C=O) groups is 3. The Bertz CT molecular complexity index is 1130. The number of amides is 2. The Morgan fingerprint density at radius 1 is 1.17 bits per heavy atom. The van der Waals surface area contributed by atoms with Crippen molar-refractivity contribution < 1.29 is 24.2 Å². The van der Waals surface area contributed by atoms with Crippen LogP contribution in [0.5, 0.6) is 5.75 Å². The topological polar surface area (TPSA) is 109 Å². The molecule has 0 saturated heterocycles. The fourth-order valence-electron chi connectivity index (χ4n) is 4.33. The lowest BCUT2D eigenvalue weighted by molar-refractivity contribution is -0.126. The Morgan fingerprint density at radius 2 is 1.91 bits per heavy atom. The standard InChI is InChI=1S/C26H29N3O5S/c1-16(2)34-19-10-7-17(8-11-19)14-29-24(31)20-5-3-4-6-21(20)25(29)35-15-23(30)28-22-12-9-18(13-27-22)26(32)33/h7-13,16,25H,3-6,14-15H2,1-2H3,(H,32,33)(H,27,28,30). The maximum atomic E-state index is 13.3. The Kier molecular flexibility index (Phi) is 7.75. The molecule has 0 saturated carbocycles. The molecule has 184 valence electrons. The average Bonchev–Trinajstić information content (AvgIpc) is 3.10. The fourth-order valence-corrected chi connectivity index (χ4v) is 5.52. The second kappa shape index (κ2) is 10.9. The van der Waals surface area contributed by atoms with Crippen LogP contribution in [0.2, 0.25) is 0 Å². The first kappa shape index (κ1) is 24.8. The highest BCUT2D eigenvalue weighted by atomic mass is 32.2. The Labute approximate surface area is 208 Å². The van der Waals surface area contributed by atoms with E-state index in [0.29, 0.717) is 12.4 Å². The first-order valence-electron chi connectivity index (χ1n) is 11.7. The highest BCUT2D eigenvalue weighted by Crippen LogP contribution is 2.41. The van der Waals surface area contributed by atoms with Crippen molar-refractivity contribution in [1.29, 1.82) is 0 Å². The van der Waals surface area contributed by atoms with Crippen molar-refractivity contribution in [3.8, 4) is 5.75 Å². The second-order valence-electron chi connectivity index (χ2n) is 8.90. The van der Waals surface area contributed by atoms with Crippen LogP contribution in [-0.2, 0) is 16.1 Å². The van der Waals surface area contributed by atoms with Gasteiger partial charge in [0.1, 0.15) is 16.9 Å². The summed E-state index contributed by atoms with van der Waals surface area (Å²) in [4.78, 5) is 42.7. The molecule has 1 aromatic heterocycles. The van der Waals surface area contributed by atoms with Gasteiger partial charge in [-0.3, -0.25) is 9.59 Å². The molecule has 1 atom stereocenters. The molecule has 35 heavy (non-hydrogen) atoms. The third kappa shape index (κ3) is 6.03. The average molecular weight is 496 g/mol. The summed E-state index contributed by atoms with van der Waals surface area (Å²) in [5, 5.41) is 11.5. The lowest BCUT2D eigenvalue weighted by atomic mass is 9.94. The van der Waals surface area contributed by atoms with E-state index in [9.17, 15) is 14.4 Å². The van der Waals surface area contributed by atoms with E-state index in [-0.39, 0.29) is 34.6 Å². The molecule has 1 aliphatic carbocycles. The predicted molar refractivity (Wildman–Crippen MR) is 134 cm³/mol. The van der Waals surface area contributed by atoms with Crippen LogP contribution >= 0.6 is 11.8 Å². The van der Waals surface area contributed by atoms with Gasteiger partial charge < -0.3 is 20.1 Å². The summed E-state index contributed by atoms with van der Waals surface area (Å²) in [6.45, 7) is 4.42. The van der Waals surface area contributed by atoms with Crippen LogP contribution < -0.4 is 10.1 Å². The van der Waals surface area contributed by atoms with Crippen molar-refractivity contribution in [3.05, 3.63) is 64.9 Å². The van der Waals surface area contributed by atoms with Crippen LogP contribution in [0.3, 0.4) is 0 Å². The zero-order valence-electron chi connectivity index (χ0n) is 19.8. The predicted octanol–water partition coefficient (Wildman–Crippen LogP) is 4.48. The van der Waals surface area contributed by atoms with E-state index in [4.69, 9.17) is 9.84 Å². The third-order valence-electron chi connectivity index (χ3n) is 5.91. The van der Waals surface area contributed by atoms with E-state index in [1.54, 1.807) is 0 Å². The van der Waals surface area contributed by atoms with E-state index < -0.39 is 5.97 Å². The van der Waals surface area contributed by atoms with E-state index in [0.717, 1.165) is 48.1 Å². The molecule has 2 heterocycles. The van der Waals surface area contributed by atoms with Crippen LogP contribution in [0.1, 0.15) is 55.5 Å². The summed E-state index contributed by atoms with van der Waals surface area (Å²) in [6, 6.07) is 10.6. The van der Waals surface area contributed by atoms with Crippen molar-refractivity contribution >= 4 is 35.4 Å². The number of aromatic carboxylic acids is 1. The molecule has 0 bridgehead atoms. The molecule has 2 aromatic rings. The van der Waals surface area contributed by atoms with Gasteiger partial charge in [0, 0.05) is 18.3 Å². The van der Waals surface area contributed by atoms with Crippen molar-refractivity contribution in [3.63, 3.8) is 0 Å². The first-order chi connectivity index (χ1) is 16.8. The van der Waals surface area contributed by atoms with Crippen molar-refractivity contribution in [2.24, 2.45) is 0 Å². The van der Waals surface area contributed by atoms with E-state index in [1.165, 1.54) is 30.1 Å². The summed E-state index contributed by atoms with van der Waals surface area (Å²) < 4.78 is 5.72. The van der Waals surface area contributed by atoms with Gasteiger partial charge in [0.15, 0.2) is 0 Å². The lowest BCUT2D eigenvalue weighted by Crippen LogP contribution is -2.34. The number of pyridine rings is 1. The van der Waals surface area contributed by atoms with Gasteiger partial charge in [-0.25, -0.2) is 9.78 Å². The molecular weight excluding hydrogens is 466 g/mol. The van der Waals surface area contributed by atoms with Crippen LogP contribution in [0.4, 0.5) is 5.82 Å². The first-order valence-corrected chi connectivity index (χ1v) is 12.8. The van der Waals surface area contributed by atoms with E-state index in [1.807, 2.05) is 43.0 Å². The number of carbonyl (C=O) groups excluding carboxylic acids is 2. The molecule has 2 N–H and O–H groups in total. The van der Waals surface area contributed by atoms with Gasteiger partial charge in [-0.1, -0.05) is 12.1 Å². The van der Waals surface area contributed by atoms with Crippen LogP contribution in [0.25, 0.3) is 0 Å². The highest BCUT2D eigenvalue weighted by Gasteiger charge is 2.40. The number of aromatic nitrogens is 1. The minimum Gasteiger partial charge on any atom is -0.491 e. The van der Waals surface area contributed by atoms with Crippen molar-refractivity contribution in [2.75, 3.05) is 11.1 Å². The Balaban J connectivity index is 1.43. The number of anilines is 1. The number of nitrogens with zero attached hydrogens (tertiary/aromatic N) is 2. The SMILES string of the molecule is CC(C)Oc1ccc(CN2C(=O)C3=C(CCCC3)C2SCC(=O)Nc2ccc(C(=O)O)cn2)cc1. The molecule has 2 aliphatic rings. The largest absolute Gasteiger partial charge is 0.491 e. The molecule has 1 unspecified atom stereocenters. The summed E-state index contributed by atoms with van der Waals surface area (Å²) >= 11 is 1.44. The lowest BCUT2D eigenvalue weighted by Gasteiger charge is -2.27. The minimum absolute atomic E-state index is 0.0537. The smallest absolute Gasteiger partial charge is 0.337 e. The summed E-state index contributed by atoms with van der Waals surface area (Å²) in [6.07, 6.45) is 5.01. The molecule has 0 fully saturated rings. The molecule has 1 aliphatic heterocycles. The number of carboxylic acids is 1. The van der Waals surface area contributed by atoms with Gasteiger partial charge in [-0.15, -0.1) is 11.8 Å². The summed E-state index contributed by atoms with van der Waals surface area (Å²) in [7, 11) is 0. The Hall–Kier alpha value is -3.33. The Morgan fingerprint density at radius 3 is 2.57 bits per heavy atom. The zero-order valence-corrected chi connectivity index (χ0v) is 20.6. The summed E-state index contributed by atoms with van der Waals surface area (Å²) in [5.41, 5.74) is 3.10. The number of benzene rings is 1. The number of nitrogens with one attached hydrogen (secondary N) is 1. The minimum atomic E-state index is -1.07. The van der Waals surface area contributed by atoms with Gasteiger partial charge in [0.05, 0.1) is 17.4 Å². The van der Waals surface area contributed by atoms with E-state index >= 15 is 0 Å². The molecule has 2 amide bonds. The van der Waals surface area contributed by atoms with Gasteiger partial charge in [0.25, 0.3) is 5.91 Å². The van der Waals surface area contributed by atoms with Gasteiger partial charge in [-0.05, 0) is 74.9 Å². The second-order valence-corrected chi connectivity index (χ2v) is 9.97. The zero-order chi connectivity index (χ0) is 24.9.